The normalized spacial score (nSPS) is 22.9. The first kappa shape index (κ1) is 65.6. The van der Waals surface area contributed by atoms with E-state index in [4.69, 9.17) is 9.47 Å². The van der Waals surface area contributed by atoms with Crippen LogP contribution in [0.25, 0.3) is 0 Å². The number of ketones is 2. The van der Waals surface area contributed by atoms with E-state index < -0.39 is 107 Å². The summed E-state index contributed by atoms with van der Waals surface area (Å²) in [5.41, 5.74) is 0.752. The molecule has 2 aromatic rings. The van der Waals surface area contributed by atoms with E-state index in [0.717, 1.165) is 44.1 Å². The number of aromatic nitrogens is 3. The van der Waals surface area contributed by atoms with E-state index >= 15 is 0 Å². The molecule has 21 nitrogen and oxygen atoms in total. The molecule has 13 atom stereocenters. The number of carbonyl (C=O) groups is 9. The van der Waals surface area contributed by atoms with Crippen LogP contribution in [0.3, 0.4) is 0 Å². The van der Waals surface area contributed by atoms with Gasteiger partial charge >= 0.3 is 5.97 Å². The van der Waals surface area contributed by atoms with Crippen molar-refractivity contribution in [2.75, 3.05) is 40.2 Å². The van der Waals surface area contributed by atoms with Gasteiger partial charge in [0.25, 0.3) is 0 Å². The number of hydrogen-bond donors (Lipinski definition) is 4. The minimum absolute atomic E-state index is 0.0158. The van der Waals surface area contributed by atoms with Gasteiger partial charge in [0, 0.05) is 71.0 Å². The molecule has 6 rings (SSSR count). The fourth-order valence-electron chi connectivity index (χ4n) is 12.1. The third-order valence-electron chi connectivity index (χ3n) is 16.8. The van der Waals surface area contributed by atoms with Gasteiger partial charge in [-0.15, -0.1) is 11.8 Å². The second-order valence-electron chi connectivity index (χ2n) is 23.3. The monoisotopic (exact) mass is 1180 g/mol. The van der Waals surface area contributed by atoms with Crippen molar-refractivity contribution in [3.8, 4) is 0 Å². The number of ether oxygens (including phenoxy) is 2. The van der Waals surface area contributed by atoms with Crippen LogP contribution in [0, 0.1) is 23.7 Å². The first-order chi connectivity index (χ1) is 39.0. The number of carboxylic acid groups (broad SMARTS) is 1. The predicted octanol–water partition coefficient (Wildman–Crippen LogP) is 5.87. The highest BCUT2D eigenvalue weighted by atomic mass is 32.2. The molecule has 4 N–H and O–H groups in total. The third kappa shape index (κ3) is 16.6. The molecule has 1 aromatic carbocycles. The molecule has 4 aliphatic rings. The Bertz CT molecular complexity index is 2600. The van der Waals surface area contributed by atoms with Crippen molar-refractivity contribution in [1.29, 1.82) is 0 Å². The summed E-state index contributed by atoms with van der Waals surface area (Å²) in [6.45, 7) is 13.1. The smallest absolute Gasteiger partial charge is 0.326 e. The number of benzene rings is 1. The summed E-state index contributed by atoms with van der Waals surface area (Å²) in [6.07, 6.45) is 5.70. The van der Waals surface area contributed by atoms with Crippen LogP contribution < -0.4 is 16.0 Å². The fraction of sp³-hybridized carbons (Fsp3) is 0.695. The van der Waals surface area contributed by atoms with Crippen molar-refractivity contribution in [2.45, 2.75) is 208 Å². The van der Waals surface area contributed by atoms with Gasteiger partial charge in [0.05, 0.1) is 41.9 Å². The van der Waals surface area contributed by atoms with Gasteiger partial charge < -0.3 is 39.9 Å². The number of aliphatic carboxylic acids is 1. The number of carbonyl (C=O) groups excluding carboxylic acids is 8. The van der Waals surface area contributed by atoms with E-state index in [0.29, 0.717) is 31.0 Å². The third-order valence-corrected chi connectivity index (χ3v) is 19.5. The number of fused-ring (bicyclic) bond motifs is 7. The van der Waals surface area contributed by atoms with E-state index in [2.05, 4.69) is 30.9 Å². The summed E-state index contributed by atoms with van der Waals surface area (Å²) in [7, 11) is 6.06. The Kier molecular flexibility index (Phi) is 24.3. The van der Waals surface area contributed by atoms with Crippen LogP contribution in [-0.4, -0.2) is 181 Å². The van der Waals surface area contributed by atoms with Gasteiger partial charge in [-0.2, -0.15) is 9.97 Å². The van der Waals surface area contributed by atoms with E-state index in [1.807, 2.05) is 19.9 Å². The Balaban J connectivity index is 1.09. The number of nitrogens with zero attached hydrogens (tertiary/aromatic N) is 6. The standard InChI is InChI=1S/C59H87N9O12S2/c1-12-34(6)50(42(79-10)31-46(72)68-27-19-24-40(68)52(80-11)35(7)54(74)60-39(57(77)78)28-36-20-15-13-16-21-36)67(9)56(76)48(32(2)3)62-55(75)49(33(4)5)66(8)45(71)26-25-44(70)61-58-63-53-47-41(69)30-43(51(47)73)81-37-22-17-14-18-23-38(29-37)82-59(64-53)65-58/h13,15-16,20-21,32-35,37-40,42-43,47-50,52H,12,14,17-19,22-31H2,1-11H3,(H,60,74)(H,62,75)(H,77,78)(H,61,63,64,65,70)/t34-,35+,37?,38?,39-,40-,42+,43?,47?,48-,49?,50?,52+/m0/s1. The number of nitrogens with one attached hydrogen (secondary N) is 3. The van der Waals surface area contributed by atoms with Gasteiger partial charge in [0.15, 0.2) is 22.5 Å². The van der Waals surface area contributed by atoms with E-state index in [1.54, 1.807) is 87.5 Å². The highest BCUT2D eigenvalue weighted by molar-refractivity contribution is 8.01. The largest absolute Gasteiger partial charge is 0.480 e. The van der Waals surface area contributed by atoms with Crippen molar-refractivity contribution in [1.82, 2.24) is 40.3 Å². The molecule has 452 valence electrons. The van der Waals surface area contributed by atoms with Crippen molar-refractivity contribution >= 4 is 82.5 Å². The lowest BCUT2D eigenvalue weighted by atomic mass is 9.89. The van der Waals surface area contributed by atoms with Crippen LogP contribution in [0.15, 0.2) is 35.5 Å². The van der Waals surface area contributed by atoms with Crippen molar-refractivity contribution < 1.29 is 57.7 Å². The number of carboxylic acids is 1. The maximum atomic E-state index is 14.8. The topological polar surface area (TPSA) is 277 Å². The molecular formula is C59H87N9O12S2. The Morgan fingerprint density at radius 1 is 0.817 bits per heavy atom. The molecule has 2 saturated carbocycles. The van der Waals surface area contributed by atoms with Crippen LogP contribution in [-0.2, 0) is 59.0 Å². The number of rotatable bonds is 25. The number of thioether (sulfide) groups is 2. The Hall–Kier alpha value is -5.52. The minimum Gasteiger partial charge on any atom is -0.480 e. The second kappa shape index (κ2) is 30.3. The van der Waals surface area contributed by atoms with Crippen molar-refractivity contribution in [3.05, 3.63) is 41.7 Å². The van der Waals surface area contributed by atoms with Crippen LogP contribution in [0.2, 0.25) is 0 Å². The Morgan fingerprint density at radius 3 is 2.15 bits per heavy atom. The van der Waals surface area contributed by atoms with Crippen molar-refractivity contribution in [2.24, 2.45) is 23.7 Å². The van der Waals surface area contributed by atoms with E-state index in [-0.39, 0.29) is 77.8 Å². The number of Topliss-reactive ketones (excluding diaryl/α,β-unsaturated/α-hetero) is 2. The quantitative estimate of drug-likeness (QED) is 0.0846. The molecule has 0 spiro atoms. The lowest BCUT2D eigenvalue weighted by Crippen LogP contribution is -2.60. The molecule has 6 amide bonds. The summed E-state index contributed by atoms with van der Waals surface area (Å²) in [5.74, 6) is -7.61. The van der Waals surface area contributed by atoms with Gasteiger partial charge in [-0.25, -0.2) is 9.78 Å². The van der Waals surface area contributed by atoms with Gasteiger partial charge in [0.1, 0.15) is 24.0 Å². The highest BCUT2D eigenvalue weighted by Gasteiger charge is 2.47. The SMILES string of the molecule is CC[C@H](C)C([C@@H](CC(=O)N1CCC[C@H]1[C@H](OC)[C@@H](C)C(=O)N[C@@H](Cc1ccccc1)C(=O)O)OC)N(C)C(=O)[C@@H](NC(=O)C(C(C)C)N(C)C(=O)CCC(=O)Nc1nc2nc(n1)C1C(=O)CC(SC3CCCCCC(C3)S2)C1=O)C(C)C. The molecule has 1 saturated heterocycles. The highest BCUT2D eigenvalue weighted by Crippen LogP contribution is 2.43. The molecule has 6 unspecified atom stereocenters. The molecular weight excluding hydrogens is 1090 g/mol. The summed E-state index contributed by atoms with van der Waals surface area (Å²) < 4.78 is 12.0. The zero-order valence-electron chi connectivity index (χ0n) is 49.6. The molecule has 2 aliphatic carbocycles. The number of anilines is 1. The van der Waals surface area contributed by atoms with E-state index in [1.165, 1.54) is 37.9 Å². The van der Waals surface area contributed by atoms with Crippen LogP contribution in [0.5, 0.6) is 0 Å². The summed E-state index contributed by atoms with van der Waals surface area (Å²) >= 11 is 3.07. The molecule has 1 aromatic heterocycles. The van der Waals surface area contributed by atoms with Crippen LogP contribution >= 0.6 is 23.5 Å². The number of methoxy groups -OCH3 is 2. The van der Waals surface area contributed by atoms with Crippen LogP contribution in [0.1, 0.15) is 149 Å². The number of likely N-dealkylation sites (N-methyl/N-ethyl adjacent to an activating group) is 2. The Morgan fingerprint density at radius 2 is 1.51 bits per heavy atom. The molecule has 82 heavy (non-hydrogen) atoms. The van der Waals surface area contributed by atoms with E-state index in [9.17, 15) is 48.3 Å². The number of hydrogen-bond acceptors (Lipinski definition) is 16. The molecule has 3 fully saturated rings. The van der Waals surface area contributed by atoms with Gasteiger partial charge in [0.2, 0.25) is 41.4 Å². The molecule has 2 aliphatic heterocycles. The average Bonchev–Trinajstić information content (AvgIpc) is 4.21. The molecule has 23 heteroatoms. The maximum Gasteiger partial charge on any atom is 0.326 e. The van der Waals surface area contributed by atoms with Crippen molar-refractivity contribution in [3.63, 3.8) is 0 Å². The average molecular weight is 1180 g/mol. The summed E-state index contributed by atoms with van der Waals surface area (Å²) in [6, 6.07) is 4.58. The van der Waals surface area contributed by atoms with Crippen LogP contribution in [0.4, 0.5) is 5.95 Å². The molecule has 0 radical (unpaired) electrons. The summed E-state index contributed by atoms with van der Waals surface area (Å²) in [4.78, 5) is 142. The zero-order chi connectivity index (χ0) is 60.1. The maximum absolute atomic E-state index is 14.8. The lowest BCUT2D eigenvalue weighted by Gasteiger charge is -2.41. The molecule has 3 heterocycles. The van der Waals surface area contributed by atoms with Gasteiger partial charge in [-0.1, -0.05) is 116 Å². The lowest BCUT2D eigenvalue weighted by molar-refractivity contribution is -0.149. The Labute approximate surface area is 491 Å². The predicted molar refractivity (Wildman–Crippen MR) is 312 cm³/mol. The van der Waals surface area contributed by atoms with Gasteiger partial charge in [-0.05, 0) is 55.4 Å². The zero-order valence-corrected chi connectivity index (χ0v) is 51.2. The number of amides is 6. The second-order valence-corrected chi connectivity index (χ2v) is 26.1. The first-order valence-electron chi connectivity index (χ1n) is 29.2. The van der Waals surface area contributed by atoms with Gasteiger partial charge in [-0.3, -0.25) is 43.7 Å². The fourth-order valence-corrected chi connectivity index (χ4v) is 15.1. The number of likely N-dealkylation sites (tertiary alicyclic amines) is 1. The first-order valence-corrected chi connectivity index (χ1v) is 31.0. The molecule has 6 bridgehead atoms. The summed E-state index contributed by atoms with van der Waals surface area (Å²) in [5, 5.41) is 18.6. The minimum atomic E-state index is -1.18.